The fraction of sp³-hybridized carbons (Fsp3) is 0.385. The van der Waals surface area contributed by atoms with Crippen LogP contribution in [0.3, 0.4) is 0 Å². The normalized spacial score (nSPS) is 23.8. The van der Waals surface area contributed by atoms with E-state index in [0.717, 1.165) is 67.7 Å². The largest absolute Gasteiger partial charge is 0.378 e. The van der Waals surface area contributed by atoms with E-state index in [-0.39, 0.29) is 12.0 Å². The Hall–Kier alpha value is -2.61. The van der Waals surface area contributed by atoms with E-state index >= 15 is 0 Å². The van der Waals surface area contributed by atoms with Crippen LogP contribution in [0.15, 0.2) is 58.4 Å². The average molecular weight is 464 g/mol. The third kappa shape index (κ3) is 5.16. The Morgan fingerprint density at radius 1 is 1.12 bits per heavy atom. The van der Waals surface area contributed by atoms with Gasteiger partial charge in [0.25, 0.3) is 5.91 Å². The molecule has 0 radical (unpaired) electrons. The lowest BCUT2D eigenvalue weighted by atomic mass is 10.1. The number of morpholine rings is 1. The molecule has 1 atom stereocenters. The molecule has 0 aliphatic carbocycles. The van der Waals surface area contributed by atoms with Crippen LogP contribution < -0.4 is 4.90 Å². The molecular formula is C26H29N3O3S. The second-order valence-corrected chi connectivity index (χ2v) is 9.54. The van der Waals surface area contributed by atoms with Crippen molar-refractivity contribution in [3.8, 4) is 0 Å². The maximum absolute atomic E-state index is 13.4. The van der Waals surface area contributed by atoms with Crippen molar-refractivity contribution in [2.24, 2.45) is 4.99 Å². The first-order valence-corrected chi connectivity index (χ1v) is 12.4. The number of hydrogen-bond donors (Lipinski definition) is 0. The molecule has 0 saturated carbocycles. The molecule has 0 bridgehead atoms. The number of anilines is 1. The van der Waals surface area contributed by atoms with E-state index in [9.17, 15) is 4.79 Å². The summed E-state index contributed by atoms with van der Waals surface area (Å²) < 4.78 is 11.3. The summed E-state index contributed by atoms with van der Waals surface area (Å²) in [5.41, 5.74) is 4.26. The van der Waals surface area contributed by atoms with Gasteiger partial charge in [0.1, 0.15) is 0 Å². The summed E-state index contributed by atoms with van der Waals surface area (Å²) in [5.74, 6) is 0.00170. The molecule has 7 heteroatoms. The molecule has 6 nitrogen and oxygen atoms in total. The van der Waals surface area contributed by atoms with Crippen LogP contribution in [0.25, 0.3) is 6.08 Å². The van der Waals surface area contributed by atoms with Crippen molar-refractivity contribution in [3.63, 3.8) is 0 Å². The molecule has 3 aliphatic rings. The number of amides is 1. The SMILES string of the molecule is Cc1cc(N2CCOCC2)ccc1/C=C1/SC(=Nc2ccccc2)N(C[C@@H]2CCCO2)C1=O. The van der Waals surface area contributed by atoms with E-state index in [4.69, 9.17) is 14.5 Å². The molecule has 3 saturated heterocycles. The summed E-state index contributed by atoms with van der Waals surface area (Å²) in [7, 11) is 0. The summed E-state index contributed by atoms with van der Waals surface area (Å²) in [5, 5.41) is 0.718. The minimum atomic E-state index is 0.00170. The number of ether oxygens (including phenoxy) is 2. The molecule has 33 heavy (non-hydrogen) atoms. The first kappa shape index (κ1) is 22.2. The smallest absolute Gasteiger partial charge is 0.266 e. The highest BCUT2D eigenvalue weighted by molar-refractivity contribution is 8.18. The highest BCUT2D eigenvalue weighted by Crippen LogP contribution is 2.36. The monoisotopic (exact) mass is 463 g/mol. The van der Waals surface area contributed by atoms with Gasteiger partial charge in [-0.2, -0.15) is 0 Å². The van der Waals surface area contributed by atoms with Gasteiger partial charge >= 0.3 is 0 Å². The summed E-state index contributed by atoms with van der Waals surface area (Å²) in [6, 6.07) is 16.2. The zero-order valence-electron chi connectivity index (χ0n) is 18.9. The molecule has 3 fully saturated rings. The summed E-state index contributed by atoms with van der Waals surface area (Å²) in [6.45, 7) is 6.76. The molecule has 0 unspecified atom stereocenters. The van der Waals surface area contributed by atoms with E-state index < -0.39 is 0 Å². The lowest BCUT2D eigenvalue weighted by molar-refractivity contribution is -0.123. The van der Waals surface area contributed by atoms with Crippen LogP contribution >= 0.6 is 11.8 Å². The number of carbonyl (C=O) groups is 1. The van der Waals surface area contributed by atoms with Gasteiger partial charge < -0.3 is 14.4 Å². The summed E-state index contributed by atoms with van der Waals surface area (Å²) >= 11 is 1.45. The van der Waals surface area contributed by atoms with Gasteiger partial charge in [-0.05, 0) is 73.0 Å². The van der Waals surface area contributed by atoms with Gasteiger partial charge in [0.05, 0.1) is 36.5 Å². The molecule has 3 aliphatic heterocycles. The first-order valence-electron chi connectivity index (χ1n) is 11.6. The van der Waals surface area contributed by atoms with Crippen molar-refractivity contribution < 1.29 is 14.3 Å². The Morgan fingerprint density at radius 2 is 1.94 bits per heavy atom. The minimum absolute atomic E-state index is 0.00170. The van der Waals surface area contributed by atoms with E-state index in [0.29, 0.717) is 11.4 Å². The van der Waals surface area contributed by atoms with Crippen molar-refractivity contribution in [2.75, 3.05) is 44.4 Å². The van der Waals surface area contributed by atoms with Crippen LogP contribution in [0.2, 0.25) is 0 Å². The number of amidine groups is 1. The maximum atomic E-state index is 13.4. The fourth-order valence-electron chi connectivity index (χ4n) is 4.34. The van der Waals surface area contributed by atoms with Gasteiger partial charge in [-0.15, -0.1) is 0 Å². The number of carbonyl (C=O) groups excluding carboxylic acids is 1. The van der Waals surface area contributed by atoms with Gasteiger partial charge in [-0.3, -0.25) is 9.69 Å². The predicted molar refractivity (Wildman–Crippen MR) is 134 cm³/mol. The Morgan fingerprint density at radius 3 is 2.67 bits per heavy atom. The van der Waals surface area contributed by atoms with Gasteiger partial charge in [0, 0.05) is 25.4 Å². The number of hydrogen-bond acceptors (Lipinski definition) is 6. The third-order valence-corrected chi connectivity index (χ3v) is 7.20. The molecule has 2 aromatic carbocycles. The minimum Gasteiger partial charge on any atom is -0.378 e. The van der Waals surface area contributed by atoms with Gasteiger partial charge in [-0.1, -0.05) is 24.3 Å². The van der Waals surface area contributed by atoms with Crippen LogP contribution in [0.4, 0.5) is 11.4 Å². The first-order chi connectivity index (χ1) is 16.2. The highest BCUT2D eigenvalue weighted by Gasteiger charge is 2.36. The second-order valence-electron chi connectivity index (χ2n) is 8.53. The van der Waals surface area contributed by atoms with Gasteiger partial charge in [-0.25, -0.2) is 4.99 Å². The third-order valence-electron chi connectivity index (χ3n) is 6.20. The fourth-order valence-corrected chi connectivity index (χ4v) is 5.34. The number of thioether (sulfide) groups is 1. The van der Waals surface area contributed by atoms with Crippen molar-refractivity contribution in [2.45, 2.75) is 25.9 Å². The Bertz CT molecular complexity index is 1060. The molecule has 0 spiro atoms. The van der Waals surface area contributed by atoms with Crippen LogP contribution in [0, 0.1) is 6.92 Å². The maximum Gasteiger partial charge on any atom is 0.266 e. The molecule has 5 rings (SSSR count). The van der Waals surface area contributed by atoms with E-state index in [1.54, 1.807) is 4.90 Å². The standard InChI is InChI=1S/C26H29N3O3S/c1-19-16-22(28-11-14-31-15-12-28)10-9-20(19)17-24-25(30)29(18-23-8-5-13-32-23)26(33-24)27-21-6-3-2-4-7-21/h2-4,6-7,9-10,16-17,23H,5,8,11-15,18H2,1H3/b24-17+,27-26?/t23-/m0/s1. The van der Waals surface area contributed by atoms with E-state index in [1.165, 1.54) is 17.4 Å². The molecule has 2 aromatic rings. The van der Waals surface area contributed by atoms with E-state index in [2.05, 4.69) is 30.0 Å². The van der Waals surface area contributed by atoms with Crippen LogP contribution in [-0.4, -0.2) is 61.5 Å². The molecule has 0 N–H and O–H groups in total. The van der Waals surface area contributed by atoms with Crippen molar-refractivity contribution in [1.82, 2.24) is 4.90 Å². The topological polar surface area (TPSA) is 54.4 Å². The van der Waals surface area contributed by atoms with Crippen LogP contribution in [0.1, 0.15) is 24.0 Å². The summed E-state index contributed by atoms with van der Waals surface area (Å²) in [6.07, 6.45) is 4.10. The number of rotatable bonds is 5. The number of aryl methyl sites for hydroxylation is 1. The van der Waals surface area contributed by atoms with Crippen LogP contribution in [-0.2, 0) is 14.3 Å². The second kappa shape index (κ2) is 10.1. The van der Waals surface area contributed by atoms with Crippen LogP contribution in [0.5, 0.6) is 0 Å². The average Bonchev–Trinajstić information content (AvgIpc) is 3.46. The van der Waals surface area contributed by atoms with Crippen molar-refractivity contribution in [3.05, 3.63) is 64.6 Å². The number of para-hydroxylation sites is 1. The number of benzene rings is 2. The van der Waals surface area contributed by atoms with Gasteiger partial charge in [0.2, 0.25) is 0 Å². The Labute approximate surface area is 199 Å². The molecule has 1 amide bonds. The Balaban J connectivity index is 1.41. The van der Waals surface area contributed by atoms with Crippen molar-refractivity contribution >= 4 is 40.3 Å². The van der Waals surface area contributed by atoms with E-state index in [1.807, 2.05) is 36.4 Å². The Kier molecular flexibility index (Phi) is 6.80. The lowest BCUT2D eigenvalue weighted by Gasteiger charge is -2.29. The quantitative estimate of drug-likeness (QED) is 0.606. The lowest BCUT2D eigenvalue weighted by Crippen LogP contribution is -2.36. The molecule has 3 heterocycles. The molecular weight excluding hydrogens is 434 g/mol. The summed E-state index contributed by atoms with van der Waals surface area (Å²) in [4.78, 5) is 23.0. The predicted octanol–water partition coefficient (Wildman–Crippen LogP) is 4.61. The zero-order valence-corrected chi connectivity index (χ0v) is 19.7. The van der Waals surface area contributed by atoms with Gasteiger partial charge in [0.15, 0.2) is 5.17 Å². The number of nitrogens with zero attached hydrogens (tertiary/aromatic N) is 3. The highest BCUT2D eigenvalue weighted by atomic mass is 32.2. The van der Waals surface area contributed by atoms with Crippen molar-refractivity contribution in [1.29, 1.82) is 0 Å². The zero-order chi connectivity index (χ0) is 22.6. The molecule has 172 valence electrons. The number of aliphatic imine (C=N–C) groups is 1. The molecule has 0 aromatic heterocycles.